The molecule has 1 saturated heterocycles. The Morgan fingerprint density at radius 1 is 1.41 bits per heavy atom. The van der Waals surface area contributed by atoms with Crippen LogP contribution in [0.25, 0.3) is 10.4 Å². The van der Waals surface area contributed by atoms with E-state index in [4.69, 9.17) is 17.3 Å². The average molecular weight is 333 g/mol. The van der Waals surface area contributed by atoms with Crippen LogP contribution in [0, 0.1) is 11.3 Å². The molecule has 1 aromatic carbocycles. The maximum atomic E-state index is 12.7. The Morgan fingerprint density at radius 3 is 3.00 bits per heavy atom. The number of fused-ring (bicyclic) bond motifs is 1. The van der Waals surface area contributed by atoms with E-state index in [0.29, 0.717) is 17.5 Å². The molecule has 2 aromatic rings. The number of hydrogen-bond acceptors (Lipinski definition) is 3. The largest absolute Gasteiger partial charge is 0.337 e. The number of nitrogens with two attached hydrogens (primary N) is 1. The van der Waals surface area contributed by atoms with Gasteiger partial charge in [0.05, 0.1) is 4.88 Å². The fraction of sp³-hybridized carbons (Fsp3) is 0.353. The summed E-state index contributed by atoms with van der Waals surface area (Å²) in [5.41, 5.74) is 7.14. The minimum Gasteiger partial charge on any atom is -0.337 e. The van der Waals surface area contributed by atoms with Crippen LogP contribution in [0.15, 0.2) is 36.4 Å². The number of carbonyl (C=O) groups is 1. The van der Waals surface area contributed by atoms with E-state index in [9.17, 15) is 4.79 Å². The van der Waals surface area contributed by atoms with Gasteiger partial charge in [0.15, 0.2) is 0 Å². The highest BCUT2D eigenvalue weighted by Gasteiger charge is 2.59. The molecule has 22 heavy (non-hydrogen) atoms. The van der Waals surface area contributed by atoms with Gasteiger partial charge in [-0.3, -0.25) is 4.79 Å². The van der Waals surface area contributed by atoms with Crippen LogP contribution in [0.2, 0.25) is 5.02 Å². The summed E-state index contributed by atoms with van der Waals surface area (Å²) in [6.07, 6.45) is 1.19. The summed E-state index contributed by atoms with van der Waals surface area (Å²) in [6.45, 7) is 2.37. The van der Waals surface area contributed by atoms with Crippen LogP contribution in [0.3, 0.4) is 0 Å². The van der Waals surface area contributed by atoms with Gasteiger partial charge in [0, 0.05) is 28.4 Å². The van der Waals surface area contributed by atoms with Crippen molar-refractivity contribution in [1.82, 2.24) is 4.90 Å². The first-order valence-corrected chi connectivity index (χ1v) is 8.66. The van der Waals surface area contributed by atoms with Crippen molar-refractivity contribution in [2.45, 2.75) is 6.42 Å². The second-order valence-corrected chi connectivity index (χ2v) is 7.85. The molecule has 2 fully saturated rings. The lowest BCUT2D eigenvalue weighted by Gasteiger charge is -2.19. The second-order valence-electron chi connectivity index (χ2n) is 6.33. The van der Waals surface area contributed by atoms with Crippen molar-refractivity contribution >= 4 is 28.8 Å². The zero-order valence-electron chi connectivity index (χ0n) is 12.1. The minimum absolute atomic E-state index is 0.137. The zero-order chi connectivity index (χ0) is 15.3. The van der Waals surface area contributed by atoms with Crippen molar-refractivity contribution in [2.75, 3.05) is 19.6 Å². The van der Waals surface area contributed by atoms with Crippen molar-refractivity contribution in [1.29, 1.82) is 0 Å². The molecular weight excluding hydrogens is 316 g/mol. The number of halogens is 1. The number of thiophene rings is 1. The van der Waals surface area contributed by atoms with E-state index in [0.717, 1.165) is 28.4 Å². The lowest BCUT2D eigenvalue weighted by atomic mass is 10.1. The van der Waals surface area contributed by atoms with E-state index in [1.807, 2.05) is 41.3 Å². The number of hydrogen-bond donors (Lipinski definition) is 1. The standard InChI is InChI=1S/C17H17ClN2OS/c18-13-3-1-2-11(6-13)14-4-5-15(22-14)16(21)20-8-12-7-17(12,9-19)10-20/h1-6,12H,7-10,19H2/t12-,17-/m0/s1. The molecule has 1 aliphatic heterocycles. The lowest BCUT2D eigenvalue weighted by molar-refractivity contribution is 0.0770. The van der Waals surface area contributed by atoms with Crippen LogP contribution in [0.1, 0.15) is 16.1 Å². The molecule has 0 unspecified atom stereocenters. The van der Waals surface area contributed by atoms with Gasteiger partial charge in [0.2, 0.25) is 0 Å². The molecular formula is C17H17ClN2OS. The Morgan fingerprint density at radius 2 is 2.27 bits per heavy atom. The van der Waals surface area contributed by atoms with Crippen LogP contribution in [0.5, 0.6) is 0 Å². The molecule has 1 saturated carbocycles. The molecule has 3 nitrogen and oxygen atoms in total. The highest BCUT2D eigenvalue weighted by atomic mass is 35.5. The van der Waals surface area contributed by atoms with E-state index < -0.39 is 0 Å². The van der Waals surface area contributed by atoms with Crippen molar-refractivity contribution in [3.63, 3.8) is 0 Å². The first kappa shape index (κ1) is 14.2. The van der Waals surface area contributed by atoms with Gasteiger partial charge in [-0.15, -0.1) is 11.3 Å². The number of carbonyl (C=O) groups excluding carboxylic acids is 1. The van der Waals surface area contributed by atoms with Gasteiger partial charge < -0.3 is 10.6 Å². The molecule has 0 bridgehead atoms. The van der Waals surface area contributed by atoms with Gasteiger partial charge in [0.1, 0.15) is 0 Å². The number of rotatable bonds is 3. The Balaban J connectivity index is 1.53. The molecule has 2 heterocycles. The Hall–Kier alpha value is -1.36. The molecule has 4 rings (SSSR count). The number of nitrogens with zero attached hydrogens (tertiary/aromatic N) is 1. The maximum Gasteiger partial charge on any atom is 0.263 e. The van der Waals surface area contributed by atoms with Crippen molar-refractivity contribution < 1.29 is 4.79 Å². The third-order valence-electron chi connectivity index (χ3n) is 4.93. The molecule has 1 aromatic heterocycles. The van der Waals surface area contributed by atoms with Crippen LogP contribution >= 0.6 is 22.9 Å². The summed E-state index contributed by atoms with van der Waals surface area (Å²) in [4.78, 5) is 16.5. The number of amides is 1. The summed E-state index contributed by atoms with van der Waals surface area (Å²) in [6, 6.07) is 11.6. The zero-order valence-corrected chi connectivity index (χ0v) is 13.7. The van der Waals surface area contributed by atoms with E-state index in [2.05, 4.69) is 0 Å². The summed E-state index contributed by atoms with van der Waals surface area (Å²) in [5.74, 6) is 0.757. The molecule has 2 N–H and O–H groups in total. The Bertz CT molecular complexity index is 740. The molecule has 5 heteroatoms. The molecule has 2 atom stereocenters. The van der Waals surface area contributed by atoms with Crippen LogP contribution < -0.4 is 5.73 Å². The number of likely N-dealkylation sites (tertiary alicyclic amines) is 1. The fourth-order valence-electron chi connectivity index (χ4n) is 3.47. The van der Waals surface area contributed by atoms with Gasteiger partial charge >= 0.3 is 0 Å². The Kier molecular flexibility index (Phi) is 3.29. The molecule has 0 spiro atoms. The normalized spacial score (nSPS) is 26.1. The van der Waals surface area contributed by atoms with Gasteiger partial charge in [0.25, 0.3) is 5.91 Å². The second kappa shape index (κ2) is 5.08. The fourth-order valence-corrected chi connectivity index (χ4v) is 4.63. The van der Waals surface area contributed by atoms with E-state index >= 15 is 0 Å². The third kappa shape index (κ3) is 2.26. The van der Waals surface area contributed by atoms with Crippen LogP contribution in [-0.2, 0) is 0 Å². The van der Waals surface area contributed by atoms with E-state index in [-0.39, 0.29) is 11.3 Å². The first-order valence-electron chi connectivity index (χ1n) is 7.46. The average Bonchev–Trinajstić information content (AvgIpc) is 2.92. The van der Waals surface area contributed by atoms with Crippen molar-refractivity contribution in [3.8, 4) is 10.4 Å². The molecule has 1 amide bonds. The molecule has 114 valence electrons. The SMILES string of the molecule is NC[C@]12C[C@H]1CN(C(=O)c1ccc(-c3cccc(Cl)c3)s1)C2. The molecule has 2 aliphatic rings. The summed E-state index contributed by atoms with van der Waals surface area (Å²) in [7, 11) is 0. The highest BCUT2D eigenvalue weighted by Crippen LogP contribution is 2.57. The monoisotopic (exact) mass is 332 g/mol. The smallest absolute Gasteiger partial charge is 0.263 e. The lowest BCUT2D eigenvalue weighted by Crippen LogP contribution is -2.33. The predicted molar refractivity (Wildman–Crippen MR) is 90.3 cm³/mol. The van der Waals surface area contributed by atoms with Gasteiger partial charge in [-0.25, -0.2) is 0 Å². The summed E-state index contributed by atoms with van der Waals surface area (Å²) >= 11 is 7.57. The van der Waals surface area contributed by atoms with E-state index in [1.54, 1.807) is 0 Å². The molecule has 1 aliphatic carbocycles. The van der Waals surface area contributed by atoms with Crippen molar-refractivity contribution in [2.24, 2.45) is 17.1 Å². The van der Waals surface area contributed by atoms with E-state index in [1.165, 1.54) is 17.8 Å². The predicted octanol–water partition coefficient (Wildman–Crippen LogP) is 3.49. The van der Waals surface area contributed by atoms with Gasteiger partial charge in [-0.1, -0.05) is 23.7 Å². The first-order chi connectivity index (χ1) is 10.6. The van der Waals surface area contributed by atoms with Crippen molar-refractivity contribution in [3.05, 3.63) is 46.3 Å². The maximum absolute atomic E-state index is 12.7. The summed E-state index contributed by atoms with van der Waals surface area (Å²) in [5, 5.41) is 0.711. The summed E-state index contributed by atoms with van der Waals surface area (Å²) < 4.78 is 0. The minimum atomic E-state index is 0.137. The van der Waals surface area contributed by atoms with Gasteiger partial charge in [-0.05, 0) is 48.7 Å². The highest BCUT2D eigenvalue weighted by molar-refractivity contribution is 7.17. The third-order valence-corrected chi connectivity index (χ3v) is 6.28. The van der Waals surface area contributed by atoms with Crippen LogP contribution in [-0.4, -0.2) is 30.4 Å². The number of piperidine rings is 1. The molecule has 0 radical (unpaired) electrons. The number of benzene rings is 1. The van der Waals surface area contributed by atoms with Gasteiger partial charge in [-0.2, -0.15) is 0 Å². The topological polar surface area (TPSA) is 46.3 Å². The van der Waals surface area contributed by atoms with Crippen LogP contribution in [0.4, 0.5) is 0 Å². The quantitative estimate of drug-likeness (QED) is 0.935. The Labute approximate surface area is 138 Å².